The largest absolute Gasteiger partial charge is 0.338 e. The SMILES string of the molecule is O=c1c2ccccc2nnn1CCCN1CCN(c2ncccn2)CC1. The van der Waals surface area contributed by atoms with Gasteiger partial charge in [0.25, 0.3) is 5.56 Å². The Hall–Kier alpha value is -2.87. The second-order valence-corrected chi connectivity index (χ2v) is 6.37. The molecule has 0 radical (unpaired) electrons. The summed E-state index contributed by atoms with van der Waals surface area (Å²) < 4.78 is 1.47. The predicted molar refractivity (Wildman–Crippen MR) is 99.1 cm³/mol. The molecule has 1 aromatic carbocycles. The second kappa shape index (κ2) is 7.57. The molecule has 1 fully saturated rings. The third-order valence-electron chi connectivity index (χ3n) is 4.68. The lowest BCUT2D eigenvalue weighted by Gasteiger charge is -2.34. The molecule has 1 saturated heterocycles. The van der Waals surface area contributed by atoms with E-state index in [-0.39, 0.29) is 5.56 Å². The molecule has 0 amide bonds. The summed E-state index contributed by atoms with van der Waals surface area (Å²) in [4.78, 5) is 25.7. The summed E-state index contributed by atoms with van der Waals surface area (Å²) in [6.45, 7) is 5.29. The Balaban J connectivity index is 1.29. The lowest BCUT2D eigenvalue weighted by atomic mass is 10.2. The molecule has 1 aliphatic heterocycles. The molecule has 134 valence electrons. The van der Waals surface area contributed by atoms with Crippen LogP contribution in [0.1, 0.15) is 6.42 Å². The maximum atomic E-state index is 12.4. The molecular formula is C18H21N7O. The van der Waals surface area contributed by atoms with Crippen molar-refractivity contribution in [3.63, 3.8) is 0 Å². The van der Waals surface area contributed by atoms with E-state index in [0.29, 0.717) is 17.4 Å². The van der Waals surface area contributed by atoms with E-state index in [4.69, 9.17) is 0 Å². The molecule has 0 bridgehead atoms. The Morgan fingerprint density at radius 2 is 1.69 bits per heavy atom. The molecule has 8 heteroatoms. The van der Waals surface area contributed by atoms with E-state index < -0.39 is 0 Å². The first-order valence-corrected chi connectivity index (χ1v) is 8.88. The van der Waals surface area contributed by atoms with E-state index in [1.54, 1.807) is 18.5 Å². The van der Waals surface area contributed by atoms with E-state index in [0.717, 1.165) is 45.1 Å². The fourth-order valence-corrected chi connectivity index (χ4v) is 3.24. The number of hydrogen-bond donors (Lipinski definition) is 0. The van der Waals surface area contributed by atoms with Gasteiger partial charge in [-0.05, 0) is 24.6 Å². The van der Waals surface area contributed by atoms with Crippen molar-refractivity contribution in [2.24, 2.45) is 0 Å². The first-order valence-electron chi connectivity index (χ1n) is 8.88. The van der Waals surface area contributed by atoms with Crippen LogP contribution in [0, 0.1) is 0 Å². The van der Waals surface area contributed by atoms with Crippen molar-refractivity contribution in [2.45, 2.75) is 13.0 Å². The number of hydrogen-bond acceptors (Lipinski definition) is 7. The zero-order valence-corrected chi connectivity index (χ0v) is 14.5. The fraction of sp³-hybridized carbons (Fsp3) is 0.389. The highest BCUT2D eigenvalue weighted by molar-refractivity contribution is 5.76. The molecule has 4 rings (SSSR count). The van der Waals surface area contributed by atoms with Crippen molar-refractivity contribution in [1.82, 2.24) is 29.9 Å². The number of aryl methyl sites for hydroxylation is 1. The average molecular weight is 351 g/mol. The van der Waals surface area contributed by atoms with Gasteiger partial charge in [0.15, 0.2) is 0 Å². The van der Waals surface area contributed by atoms with Crippen LogP contribution in [0.4, 0.5) is 5.95 Å². The van der Waals surface area contributed by atoms with Gasteiger partial charge in [-0.3, -0.25) is 9.69 Å². The van der Waals surface area contributed by atoms with Gasteiger partial charge in [0.05, 0.1) is 5.39 Å². The van der Waals surface area contributed by atoms with Crippen molar-refractivity contribution in [1.29, 1.82) is 0 Å². The number of piperazine rings is 1. The number of aromatic nitrogens is 5. The number of benzene rings is 1. The van der Waals surface area contributed by atoms with Crippen LogP contribution in [0.15, 0.2) is 47.5 Å². The molecule has 0 aliphatic carbocycles. The zero-order chi connectivity index (χ0) is 17.8. The third kappa shape index (κ3) is 3.55. The minimum absolute atomic E-state index is 0.0679. The van der Waals surface area contributed by atoms with Gasteiger partial charge in [-0.15, -0.1) is 5.10 Å². The smallest absolute Gasteiger partial charge is 0.277 e. The predicted octanol–water partition coefficient (Wildman–Crippen LogP) is 0.794. The highest BCUT2D eigenvalue weighted by Crippen LogP contribution is 2.10. The number of nitrogens with zero attached hydrogens (tertiary/aromatic N) is 7. The van der Waals surface area contributed by atoms with E-state index >= 15 is 0 Å². The maximum absolute atomic E-state index is 12.4. The van der Waals surface area contributed by atoms with E-state index in [1.807, 2.05) is 24.3 Å². The van der Waals surface area contributed by atoms with Crippen LogP contribution in [0.5, 0.6) is 0 Å². The third-order valence-corrected chi connectivity index (χ3v) is 4.68. The summed E-state index contributed by atoms with van der Waals surface area (Å²) in [6, 6.07) is 9.15. The lowest BCUT2D eigenvalue weighted by molar-refractivity contribution is 0.247. The standard InChI is InChI=1S/C18H21N7O/c26-17-15-5-1-2-6-16(15)21-22-25(17)10-4-9-23-11-13-24(14-12-23)18-19-7-3-8-20-18/h1-3,5-8H,4,9-14H2. The highest BCUT2D eigenvalue weighted by atomic mass is 16.1. The summed E-state index contributed by atoms with van der Waals surface area (Å²) in [5.41, 5.74) is 0.578. The van der Waals surface area contributed by atoms with Crippen molar-refractivity contribution in [3.8, 4) is 0 Å². The molecule has 8 nitrogen and oxygen atoms in total. The van der Waals surface area contributed by atoms with Crippen molar-refractivity contribution in [2.75, 3.05) is 37.6 Å². The molecule has 3 heterocycles. The van der Waals surface area contributed by atoms with Crippen LogP contribution >= 0.6 is 0 Å². The first-order chi connectivity index (χ1) is 12.8. The summed E-state index contributed by atoms with van der Waals surface area (Å²) in [6.07, 6.45) is 4.42. The summed E-state index contributed by atoms with van der Waals surface area (Å²) >= 11 is 0. The molecule has 2 aromatic heterocycles. The quantitative estimate of drug-likeness (QED) is 0.672. The summed E-state index contributed by atoms with van der Waals surface area (Å²) in [7, 11) is 0. The second-order valence-electron chi connectivity index (χ2n) is 6.37. The Morgan fingerprint density at radius 3 is 2.50 bits per heavy atom. The van der Waals surface area contributed by atoms with Gasteiger partial charge in [-0.25, -0.2) is 14.6 Å². The van der Waals surface area contributed by atoms with Crippen LogP contribution in [0.3, 0.4) is 0 Å². The Labute approximate surface area is 151 Å². The van der Waals surface area contributed by atoms with Crippen LogP contribution in [-0.2, 0) is 6.54 Å². The minimum Gasteiger partial charge on any atom is -0.338 e. The summed E-state index contributed by atoms with van der Waals surface area (Å²) in [5.74, 6) is 0.796. The lowest BCUT2D eigenvalue weighted by Crippen LogP contribution is -2.47. The van der Waals surface area contributed by atoms with Crippen molar-refractivity contribution < 1.29 is 0 Å². The van der Waals surface area contributed by atoms with Gasteiger partial charge in [-0.2, -0.15) is 0 Å². The number of rotatable bonds is 5. The Bertz CT molecular complexity index is 919. The van der Waals surface area contributed by atoms with Gasteiger partial charge in [-0.1, -0.05) is 17.3 Å². The van der Waals surface area contributed by atoms with Crippen LogP contribution in [0.2, 0.25) is 0 Å². The van der Waals surface area contributed by atoms with Gasteiger partial charge in [0.2, 0.25) is 5.95 Å². The fourth-order valence-electron chi connectivity index (χ4n) is 3.24. The topological polar surface area (TPSA) is 80.0 Å². The zero-order valence-electron chi connectivity index (χ0n) is 14.5. The van der Waals surface area contributed by atoms with Gasteiger partial charge >= 0.3 is 0 Å². The van der Waals surface area contributed by atoms with Gasteiger partial charge < -0.3 is 4.90 Å². The first kappa shape index (κ1) is 16.6. The van der Waals surface area contributed by atoms with Gasteiger partial charge in [0, 0.05) is 51.7 Å². The molecule has 26 heavy (non-hydrogen) atoms. The number of fused-ring (bicyclic) bond motifs is 1. The molecule has 3 aromatic rings. The monoisotopic (exact) mass is 351 g/mol. The molecule has 0 saturated carbocycles. The van der Waals surface area contributed by atoms with Crippen molar-refractivity contribution in [3.05, 3.63) is 53.1 Å². The van der Waals surface area contributed by atoms with Crippen LogP contribution < -0.4 is 10.5 Å². The summed E-state index contributed by atoms with van der Waals surface area (Å²) in [5, 5.41) is 8.81. The molecular weight excluding hydrogens is 330 g/mol. The molecule has 0 spiro atoms. The number of anilines is 1. The highest BCUT2D eigenvalue weighted by Gasteiger charge is 2.18. The van der Waals surface area contributed by atoms with E-state index in [2.05, 4.69) is 30.1 Å². The van der Waals surface area contributed by atoms with E-state index in [1.165, 1.54) is 4.68 Å². The Morgan fingerprint density at radius 1 is 0.923 bits per heavy atom. The van der Waals surface area contributed by atoms with Gasteiger partial charge in [0.1, 0.15) is 5.52 Å². The normalized spacial score (nSPS) is 15.5. The maximum Gasteiger partial charge on any atom is 0.277 e. The van der Waals surface area contributed by atoms with E-state index in [9.17, 15) is 4.79 Å². The minimum atomic E-state index is -0.0679. The molecule has 0 N–H and O–H groups in total. The Kier molecular flexibility index (Phi) is 4.83. The average Bonchev–Trinajstić information content (AvgIpc) is 2.71. The molecule has 0 unspecified atom stereocenters. The van der Waals surface area contributed by atoms with Crippen LogP contribution in [0.25, 0.3) is 10.9 Å². The van der Waals surface area contributed by atoms with Crippen LogP contribution in [-0.4, -0.2) is 62.6 Å². The van der Waals surface area contributed by atoms with Crippen molar-refractivity contribution >= 4 is 16.9 Å². The molecule has 0 atom stereocenters. The molecule has 1 aliphatic rings.